The number of pyridine rings is 1. The van der Waals surface area contributed by atoms with E-state index in [9.17, 15) is 18.4 Å². The van der Waals surface area contributed by atoms with Crippen LogP contribution in [0.5, 0.6) is 0 Å². The summed E-state index contributed by atoms with van der Waals surface area (Å²) in [7, 11) is 0. The third-order valence-corrected chi connectivity index (χ3v) is 3.80. The Balaban J connectivity index is 1.90. The maximum atomic E-state index is 13.8. The average molecular weight is 349 g/mol. The number of benzene rings is 2. The summed E-state index contributed by atoms with van der Waals surface area (Å²) >= 11 is 5.78. The molecular weight excluding hydrogens is 338 g/mol. The first kappa shape index (κ1) is 16.1. The summed E-state index contributed by atoms with van der Waals surface area (Å²) in [6.45, 7) is 0.166. The number of amides is 1. The molecule has 0 saturated heterocycles. The summed E-state index contributed by atoms with van der Waals surface area (Å²) in [5.41, 5.74) is -0.647. The van der Waals surface area contributed by atoms with Crippen LogP contribution in [0.3, 0.4) is 0 Å². The molecule has 1 heterocycles. The molecule has 0 spiro atoms. The predicted octanol–water partition coefficient (Wildman–Crippen LogP) is 3.39. The molecule has 0 unspecified atom stereocenters. The van der Waals surface area contributed by atoms with Crippen molar-refractivity contribution in [3.63, 3.8) is 0 Å². The largest absolute Gasteiger partial charge is 0.358 e. The number of halogens is 3. The fourth-order valence-corrected chi connectivity index (χ4v) is 2.43. The van der Waals surface area contributed by atoms with Crippen molar-refractivity contribution in [1.82, 2.24) is 10.3 Å². The second-order valence-electron chi connectivity index (χ2n) is 5.12. The molecule has 24 heavy (non-hydrogen) atoms. The Kier molecular flexibility index (Phi) is 4.31. The molecule has 1 aromatic heterocycles. The van der Waals surface area contributed by atoms with Gasteiger partial charge in [-0.2, -0.15) is 0 Å². The summed E-state index contributed by atoms with van der Waals surface area (Å²) in [4.78, 5) is 26.9. The van der Waals surface area contributed by atoms with Crippen molar-refractivity contribution in [1.29, 1.82) is 0 Å². The molecular formula is C17H11ClF2N2O2. The van der Waals surface area contributed by atoms with Crippen LogP contribution in [-0.4, -0.2) is 10.9 Å². The van der Waals surface area contributed by atoms with Crippen LogP contribution >= 0.6 is 11.6 Å². The van der Waals surface area contributed by atoms with Crippen molar-refractivity contribution < 1.29 is 13.6 Å². The van der Waals surface area contributed by atoms with Gasteiger partial charge in [-0.15, -0.1) is 0 Å². The zero-order chi connectivity index (χ0) is 17.3. The van der Waals surface area contributed by atoms with E-state index in [1.54, 1.807) is 24.3 Å². The van der Waals surface area contributed by atoms with Crippen LogP contribution < -0.4 is 10.7 Å². The fraction of sp³-hybridized carbons (Fsp3) is 0.0588. The highest BCUT2D eigenvalue weighted by atomic mass is 35.5. The van der Waals surface area contributed by atoms with Crippen LogP contribution in [-0.2, 0) is 6.54 Å². The van der Waals surface area contributed by atoms with Crippen molar-refractivity contribution in [2.45, 2.75) is 6.54 Å². The lowest BCUT2D eigenvalue weighted by Crippen LogP contribution is -2.28. The highest BCUT2D eigenvalue weighted by Gasteiger charge is 2.17. The highest BCUT2D eigenvalue weighted by Crippen LogP contribution is 2.16. The van der Waals surface area contributed by atoms with Gasteiger partial charge in [-0.25, -0.2) is 8.78 Å². The third kappa shape index (κ3) is 3.00. The molecule has 0 bridgehead atoms. The van der Waals surface area contributed by atoms with Crippen LogP contribution in [0.15, 0.2) is 47.4 Å². The van der Waals surface area contributed by atoms with Gasteiger partial charge in [-0.3, -0.25) is 9.59 Å². The molecule has 0 fully saturated rings. The summed E-state index contributed by atoms with van der Waals surface area (Å²) in [5, 5.41) is 2.64. The van der Waals surface area contributed by atoms with Gasteiger partial charge in [0.2, 0.25) is 5.43 Å². The molecule has 4 nitrogen and oxygen atoms in total. The zero-order valence-corrected chi connectivity index (χ0v) is 13.0. The molecule has 0 atom stereocenters. The first-order valence-corrected chi connectivity index (χ1v) is 7.37. The maximum absolute atomic E-state index is 13.8. The Labute approximate surface area is 140 Å². The lowest BCUT2D eigenvalue weighted by molar-refractivity contribution is 0.0949. The van der Waals surface area contributed by atoms with Gasteiger partial charge in [0.05, 0.1) is 10.9 Å². The number of hydrogen-bond donors (Lipinski definition) is 2. The molecule has 0 aliphatic carbocycles. The molecule has 0 aliphatic rings. The molecule has 2 aromatic carbocycles. The van der Waals surface area contributed by atoms with Gasteiger partial charge < -0.3 is 10.3 Å². The van der Waals surface area contributed by atoms with Crippen molar-refractivity contribution in [2.75, 3.05) is 0 Å². The van der Waals surface area contributed by atoms with Gasteiger partial charge in [0.25, 0.3) is 5.91 Å². The maximum Gasteiger partial charge on any atom is 0.257 e. The smallest absolute Gasteiger partial charge is 0.257 e. The van der Waals surface area contributed by atoms with Gasteiger partial charge >= 0.3 is 0 Å². The number of H-pyrrole nitrogens is 1. The number of hydrogen-bond acceptors (Lipinski definition) is 2. The molecule has 2 N–H and O–H groups in total. The Morgan fingerprint density at radius 1 is 1.08 bits per heavy atom. The molecule has 3 aromatic rings. The normalized spacial score (nSPS) is 10.8. The van der Waals surface area contributed by atoms with E-state index in [1.165, 1.54) is 0 Å². The molecule has 3 rings (SSSR count). The fourth-order valence-electron chi connectivity index (χ4n) is 2.31. The monoisotopic (exact) mass is 348 g/mol. The lowest BCUT2D eigenvalue weighted by Gasteiger charge is -2.07. The van der Waals surface area contributed by atoms with Gasteiger partial charge in [-0.1, -0.05) is 23.7 Å². The second-order valence-corrected chi connectivity index (χ2v) is 5.56. The minimum absolute atomic E-state index is 0.166. The predicted molar refractivity (Wildman–Crippen MR) is 87.1 cm³/mol. The average Bonchev–Trinajstić information content (AvgIpc) is 2.57. The molecule has 0 saturated carbocycles. The van der Waals surface area contributed by atoms with E-state index >= 15 is 0 Å². The number of aromatic amines is 1. The Bertz CT molecular complexity index is 984. The number of carbonyl (C=O) groups is 1. The quantitative estimate of drug-likeness (QED) is 0.762. The molecule has 0 aliphatic heterocycles. The van der Waals surface area contributed by atoms with E-state index in [1.807, 2.05) is 0 Å². The summed E-state index contributed by atoms with van der Waals surface area (Å²) < 4.78 is 27.5. The van der Waals surface area contributed by atoms with Crippen LogP contribution in [0.4, 0.5) is 8.78 Å². The summed E-state index contributed by atoms with van der Waals surface area (Å²) in [6.07, 6.45) is 1.07. The zero-order valence-electron chi connectivity index (χ0n) is 12.2. The number of fused-ring (bicyclic) bond motifs is 1. The Morgan fingerprint density at radius 3 is 2.46 bits per heavy atom. The number of aromatic nitrogens is 1. The molecule has 7 heteroatoms. The Morgan fingerprint density at radius 2 is 1.75 bits per heavy atom. The third-order valence-electron chi connectivity index (χ3n) is 3.55. The minimum atomic E-state index is -0.889. The molecule has 122 valence electrons. The molecule has 1 amide bonds. The van der Waals surface area contributed by atoms with Crippen molar-refractivity contribution in [2.24, 2.45) is 0 Å². The van der Waals surface area contributed by atoms with Gasteiger partial charge in [-0.05, 0) is 29.8 Å². The van der Waals surface area contributed by atoms with Crippen LogP contribution in [0.2, 0.25) is 5.02 Å². The van der Waals surface area contributed by atoms with Gasteiger partial charge in [0.1, 0.15) is 17.2 Å². The van der Waals surface area contributed by atoms with Crippen molar-refractivity contribution in [3.05, 3.63) is 80.6 Å². The summed E-state index contributed by atoms with van der Waals surface area (Å²) in [6, 6.07) is 8.55. The van der Waals surface area contributed by atoms with Crippen molar-refractivity contribution in [3.8, 4) is 0 Å². The van der Waals surface area contributed by atoms with E-state index < -0.39 is 28.4 Å². The topological polar surface area (TPSA) is 62.0 Å². The number of rotatable bonds is 3. The number of carbonyl (C=O) groups excluding carboxylic acids is 1. The molecule has 0 radical (unpaired) electrons. The van der Waals surface area contributed by atoms with Crippen molar-refractivity contribution >= 4 is 28.4 Å². The van der Waals surface area contributed by atoms with Crippen LogP contribution in [0, 0.1) is 11.6 Å². The first-order valence-electron chi connectivity index (χ1n) is 6.99. The van der Waals surface area contributed by atoms with Gasteiger partial charge in [0.15, 0.2) is 0 Å². The van der Waals surface area contributed by atoms with Crippen LogP contribution in [0.25, 0.3) is 10.9 Å². The van der Waals surface area contributed by atoms with E-state index in [4.69, 9.17) is 11.6 Å². The van der Waals surface area contributed by atoms with E-state index in [0.717, 1.165) is 23.9 Å². The minimum Gasteiger partial charge on any atom is -0.358 e. The van der Waals surface area contributed by atoms with E-state index in [-0.39, 0.29) is 17.6 Å². The SMILES string of the molecule is O=C(NCc1ccc(Cl)cc1)c1c[nH]c2c(F)ccc(F)c2c1=O. The highest BCUT2D eigenvalue weighted by molar-refractivity contribution is 6.30. The standard InChI is InChI=1S/C17H11ClF2N2O2/c18-10-3-1-9(2-4-10)7-22-17(24)11-8-21-15-13(20)6-5-12(19)14(15)16(11)23/h1-6,8H,7H2,(H,21,23)(H,22,24). The van der Waals surface area contributed by atoms with E-state index in [2.05, 4.69) is 10.3 Å². The number of nitrogens with one attached hydrogen (secondary N) is 2. The summed E-state index contributed by atoms with van der Waals surface area (Å²) in [5.74, 6) is -2.34. The Hall–Kier alpha value is -2.73. The lowest BCUT2D eigenvalue weighted by atomic mass is 10.1. The second kappa shape index (κ2) is 6.41. The van der Waals surface area contributed by atoms with E-state index in [0.29, 0.717) is 5.02 Å². The van der Waals surface area contributed by atoms with Gasteiger partial charge in [0, 0.05) is 17.8 Å². The first-order chi connectivity index (χ1) is 11.5. The van der Waals surface area contributed by atoms with Crippen LogP contribution in [0.1, 0.15) is 15.9 Å².